The molecular formula is C6H4ClNOS. The molecule has 0 atom stereocenters. The minimum atomic E-state index is -0.578. The molecule has 0 saturated heterocycles. The SMILES string of the molecule is O=C(Cl)c1ncccc1S. The van der Waals surface area contributed by atoms with Gasteiger partial charge in [-0.1, -0.05) is 0 Å². The standard InChI is InChI=1S/C6H4ClNOS/c7-6(9)5-4(10)2-1-3-8-5/h1-3,10H. The summed E-state index contributed by atoms with van der Waals surface area (Å²) < 4.78 is 0. The summed E-state index contributed by atoms with van der Waals surface area (Å²) >= 11 is 9.13. The van der Waals surface area contributed by atoms with Crippen LogP contribution in [0.4, 0.5) is 0 Å². The van der Waals surface area contributed by atoms with Crippen molar-refractivity contribution in [2.45, 2.75) is 4.90 Å². The van der Waals surface area contributed by atoms with Crippen LogP contribution in [0.2, 0.25) is 0 Å². The van der Waals surface area contributed by atoms with Gasteiger partial charge in [-0.25, -0.2) is 0 Å². The molecule has 2 nitrogen and oxygen atoms in total. The Kier molecular flexibility index (Phi) is 2.29. The highest BCUT2D eigenvalue weighted by Crippen LogP contribution is 2.11. The van der Waals surface area contributed by atoms with Crippen LogP contribution in [-0.4, -0.2) is 10.2 Å². The van der Waals surface area contributed by atoms with Crippen LogP contribution in [0.25, 0.3) is 0 Å². The highest BCUT2D eigenvalue weighted by Gasteiger charge is 2.05. The van der Waals surface area contributed by atoms with E-state index in [0.29, 0.717) is 4.90 Å². The van der Waals surface area contributed by atoms with E-state index in [9.17, 15) is 4.79 Å². The van der Waals surface area contributed by atoms with Gasteiger partial charge < -0.3 is 0 Å². The molecular weight excluding hydrogens is 170 g/mol. The van der Waals surface area contributed by atoms with Crippen molar-refractivity contribution in [1.82, 2.24) is 4.98 Å². The molecule has 0 aromatic carbocycles. The number of pyridine rings is 1. The molecule has 0 spiro atoms. The predicted molar refractivity (Wildman–Crippen MR) is 41.7 cm³/mol. The van der Waals surface area contributed by atoms with Gasteiger partial charge in [0.25, 0.3) is 5.24 Å². The van der Waals surface area contributed by atoms with Crippen LogP contribution in [0.15, 0.2) is 23.2 Å². The van der Waals surface area contributed by atoms with E-state index < -0.39 is 5.24 Å². The second-order valence-corrected chi connectivity index (χ2v) is 2.47. The van der Waals surface area contributed by atoms with E-state index in [2.05, 4.69) is 17.6 Å². The maximum atomic E-state index is 10.5. The number of carbonyl (C=O) groups is 1. The van der Waals surface area contributed by atoms with Crippen molar-refractivity contribution < 1.29 is 4.79 Å². The molecule has 0 N–H and O–H groups in total. The topological polar surface area (TPSA) is 30.0 Å². The van der Waals surface area contributed by atoms with Crippen LogP contribution in [0.3, 0.4) is 0 Å². The van der Waals surface area contributed by atoms with Gasteiger partial charge in [0.15, 0.2) is 0 Å². The lowest BCUT2D eigenvalue weighted by atomic mass is 10.4. The minimum absolute atomic E-state index is 0.201. The van der Waals surface area contributed by atoms with Gasteiger partial charge in [-0.05, 0) is 23.7 Å². The summed E-state index contributed by atoms with van der Waals surface area (Å²) in [6.07, 6.45) is 1.50. The van der Waals surface area contributed by atoms with E-state index in [-0.39, 0.29) is 5.69 Å². The van der Waals surface area contributed by atoms with E-state index >= 15 is 0 Å². The third-order valence-electron chi connectivity index (χ3n) is 0.973. The molecule has 1 aromatic heterocycles. The third kappa shape index (κ3) is 1.49. The minimum Gasteiger partial charge on any atom is -0.274 e. The molecule has 0 aliphatic carbocycles. The number of thiol groups is 1. The lowest BCUT2D eigenvalue weighted by molar-refractivity contribution is 0.107. The number of halogens is 1. The molecule has 0 aliphatic rings. The third-order valence-corrected chi connectivity index (χ3v) is 1.51. The maximum absolute atomic E-state index is 10.5. The van der Waals surface area contributed by atoms with Gasteiger partial charge in [-0.15, -0.1) is 12.6 Å². The molecule has 1 rings (SSSR count). The van der Waals surface area contributed by atoms with Crippen LogP contribution in [0.1, 0.15) is 10.5 Å². The Morgan fingerprint density at radius 1 is 1.70 bits per heavy atom. The van der Waals surface area contributed by atoms with E-state index in [1.54, 1.807) is 12.1 Å². The van der Waals surface area contributed by atoms with Crippen molar-refractivity contribution in [1.29, 1.82) is 0 Å². The first-order chi connectivity index (χ1) is 4.72. The van der Waals surface area contributed by atoms with Gasteiger partial charge in [0.1, 0.15) is 5.69 Å². The average molecular weight is 174 g/mol. The molecule has 4 heteroatoms. The molecule has 0 aliphatic heterocycles. The van der Waals surface area contributed by atoms with Gasteiger partial charge in [0.2, 0.25) is 0 Å². The Bertz CT molecular complexity index is 264. The van der Waals surface area contributed by atoms with Gasteiger partial charge in [-0.2, -0.15) is 0 Å². The summed E-state index contributed by atoms with van der Waals surface area (Å²) in [5.41, 5.74) is 0.201. The van der Waals surface area contributed by atoms with Crippen molar-refractivity contribution in [2.24, 2.45) is 0 Å². The molecule has 0 amide bonds. The summed E-state index contributed by atoms with van der Waals surface area (Å²) in [4.78, 5) is 14.7. The molecule has 0 bridgehead atoms. The monoisotopic (exact) mass is 173 g/mol. The molecule has 1 heterocycles. The molecule has 0 radical (unpaired) electrons. The van der Waals surface area contributed by atoms with Crippen LogP contribution in [0.5, 0.6) is 0 Å². The van der Waals surface area contributed by atoms with E-state index in [4.69, 9.17) is 11.6 Å². The molecule has 0 saturated carbocycles. The lowest BCUT2D eigenvalue weighted by Gasteiger charge is -1.94. The number of hydrogen-bond acceptors (Lipinski definition) is 3. The Morgan fingerprint density at radius 2 is 2.40 bits per heavy atom. The molecule has 1 aromatic rings. The van der Waals surface area contributed by atoms with Gasteiger partial charge >= 0.3 is 0 Å². The van der Waals surface area contributed by atoms with Crippen LogP contribution < -0.4 is 0 Å². The Balaban J connectivity index is 3.15. The lowest BCUT2D eigenvalue weighted by Crippen LogP contribution is -1.93. The number of carbonyl (C=O) groups excluding carboxylic acids is 1. The highest BCUT2D eigenvalue weighted by molar-refractivity contribution is 7.80. The van der Waals surface area contributed by atoms with Crippen molar-refractivity contribution in [3.8, 4) is 0 Å². The highest BCUT2D eigenvalue weighted by atomic mass is 35.5. The molecule has 0 unspecified atom stereocenters. The van der Waals surface area contributed by atoms with Crippen molar-refractivity contribution >= 4 is 29.5 Å². The summed E-state index contributed by atoms with van der Waals surface area (Å²) in [5, 5.41) is -0.578. The van der Waals surface area contributed by atoms with Crippen LogP contribution >= 0.6 is 24.2 Å². The fourth-order valence-corrected chi connectivity index (χ4v) is 1.01. The molecule has 10 heavy (non-hydrogen) atoms. The average Bonchev–Trinajstić information content (AvgIpc) is 1.88. The number of aromatic nitrogens is 1. The van der Waals surface area contributed by atoms with Gasteiger partial charge in [0.05, 0.1) is 0 Å². The first-order valence-corrected chi connectivity index (χ1v) is 3.38. The maximum Gasteiger partial charge on any atom is 0.271 e. The quantitative estimate of drug-likeness (QED) is 0.518. The van der Waals surface area contributed by atoms with E-state index in [1.807, 2.05) is 0 Å². The van der Waals surface area contributed by atoms with Gasteiger partial charge in [-0.3, -0.25) is 9.78 Å². The summed E-state index contributed by atoms with van der Waals surface area (Å²) in [7, 11) is 0. The number of rotatable bonds is 1. The van der Waals surface area contributed by atoms with Crippen molar-refractivity contribution in [2.75, 3.05) is 0 Å². The van der Waals surface area contributed by atoms with Gasteiger partial charge in [0, 0.05) is 11.1 Å². The normalized spacial score (nSPS) is 9.40. The summed E-state index contributed by atoms with van der Waals surface area (Å²) in [5.74, 6) is 0. The fraction of sp³-hybridized carbons (Fsp3) is 0. The second kappa shape index (κ2) is 3.03. The number of hydrogen-bond donors (Lipinski definition) is 1. The zero-order valence-electron chi connectivity index (χ0n) is 4.91. The first-order valence-electron chi connectivity index (χ1n) is 2.55. The second-order valence-electron chi connectivity index (χ2n) is 1.64. The Labute approximate surface area is 68.6 Å². The smallest absolute Gasteiger partial charge is 0.271 e. The van der Waals surface area contributed by atoms with Crippen LogP contribution in [0, 0.1) is 0 Å². The largest absolute Gasteiger partial charge is 0.274 e. The van der Waals surface area contributed by atoms with E-state index in [0.717, 1.165) is 0 Å². The summed E-state index contributed by atoms with van der Waals surface area (Å²) in [6.45, 7) is 0. The fourth-order valence-electron chi connectivity index (χ4n) is 0.548. The number of nitrogens with zero attached hydrogens (tertiary/aromatic N) is 1. The Morgan fingerprint density at radius 3 is 2.80 bits per heavy atom. The van der Waals surface area contributed by atoms with E-state index in [1.165, 1.54) is 6.20 Å². The zero-order chi connectivity index (χ0) is 7.56. The first kappa shape index (κ1) is 7.57. The molecule has 0 fully saturated rings. The Hall–Kier alpha value is -0.540. The molecule has 52 valence electrons. The van der Waals surface area contributed by atoms with Crippen LogP contribution in [-0.2, 0) is 0 Å². The zero-order valence-corrected chi connectivity index (χ0v) is 6.56. The predicted octanol–water partition coefficient (Wildman–Crippen LogP) is 1.75. The van der Waals surface area contributed by atoms with Crippen molar-refractivity contribution in [3.05, 3.63) is 24.0 Å². The van der Waals surface area contributed by atoms with Crippen molar-refractivity contribution in [3.63, 3.8) is 0 Å². The summed E-state index contributed by atoms with van der Waals surface area (Å²) in [6, 6.07) is 3.34.